The highest BCUT2D eigenvalue weighted by Gasteiger charge is 2.33. The number of terminal acetylenes is 1. The molecule has 3 rings (SSSR count). The minimum atomic E-state index is -0.165. The largest absolute Gasteiger partial charge is 0.349 e. The highest BCUT2D eigenvalue weighted by Crippen LogP contribution is 2.40. The van der Waals surface area contributed by atoms with Crippen LogP contribution in [0.1, 0.15) is 29.9 Å². The number of ketones is 1. The second kappa shape index (κ2) is 8.58. The predicted octanol–water partition coefficient (Wildman–Crippen LogP) is 4.30. The molecular weight excluding hydrogens is 374 g/mol. The Morgan fingerprint density at radius 2 is 2.00 bits per heavy atom. The lowest BCUT2D eigenvalue weighted by Gasteiger charge is -2.19. The first-order valence-corrected chi connectivity index (χ1v) is 9.44. The van der Waals surface area contributed by atoms with Crippen LogP contribution in [-0.4, -0.2) is 41.8 Å². The standard InChI is InChI=1S/C24H23N5O/c1-6-8-11-16(7-2)26-15(3)19(14-25)20-22-21(27-24(28-22)29(4)5)17-12-9-10-13-18(17)23(20)30/h1,7-14,25H,2-5H3,(H,27,28)/b11-8-,16-7+,20-19?,25-14?,26-15?. The molecular formula is C24H23N5O. The van der Waals surface area contributed by atoms with Gasteiger partial charge in [0.25, 0.3) is 0 Å². The maximum absolute atomic E-state index is 13.5. The number of aliphatic imine (C=N–C) groups is 1. The number of allylic oxidation sites excluding steroid dienone is 5. The molecule has 1 aromatic carbocycles. The summed E-state index contributed by atoms with van der Waals surface area (Å²) in [5, 5.41) is 8.04. The number of rotatable bonds is 5. The van der Waals surface area contributed by atoms with Crippen LogP contribution in [0.15, 0.2) is 58.8 Å². The average molecular weight is 397 g/mol. The number of H-pyrrole nitrogens is 1. The first-order chi connectivity index (χ1) is 14.4. The number of carbonyl (C=O) groups excluding carboxylic acids is 1. The molecule has 0 unspecified atom stereocenters. The first kappa shape index (κ1) is 20.7. The third kappa shape index (κ3) is 3.65. The number of anilines is 1. The van der Waals surface area contributed by atoms with E-state index in [0.717, 1.165) is 11.8 Å². The number of nitrogens with one attached hydrogen (secondary N) is 2. The summed E-state index contributed by atoms with van der Waals surface area (Å²) in [6.45, 7) is 3.62. The topological polar surface area (TPSA) is 85.2 Å². The van der Waals surface area contributed by atoms with Gasteiger partial charge in [0, 0.05) is 42.7 Å². The van der Waals surface area contributed by atoms with Crippen LogP contribution in [0.5, 0.6) is 0 Å². The summed E-state index contributed by atoms with van der Waals surface area (Å²) in [5.74, 6) is 2.90. The van der Waals surface area contributed by atoms with Gasteiger partial charge in [-0.05, 0) is 26.0 Å². The Labute approximate surface area is 176 Å². The van der Waals surface area contributed by atoms with Gasteiger partial charge >= 0.3 is 0 Å². The van der Waals surface area contributed by atoms with Crippen molar-refractivity contribution in [2.24, 2.45) is 4.99 Å². The first-order valence-electron chi connectivity index (χ1n) is 9.44. The molecule has 2 aromatic rings. The molecule has 0 spiro atoms. The third-order valence-electron chi connectivity index (χ3n) is 4.77. The van der Waals surface area contributed by atoms with E-state index in [1.807, 2.05) is 50.2 Å². The number of Topliss-reactive ketones (excluding diaryl/α,β-unsaturated/α-hetero) is 1. The minimum absolute atomic E-state index is 0.165. The number of fused-ring (bicyclic) bond motifs is 3. The Kier molecular flexibility index (Phi) is 5.93. The monoisotopic (exact) mass is 397 g/mol. The lowest BCUT2D eigenvalue weighted by molar-refractivity contribution is 0.105. The summed E-state index contributed by atoms with van der Waals surface area (Å²) in [5.41, 5.74) is 4.61. The van der Waals surface area contributed by atoms with Crippen LogP contribution < -0.4 is 4.90 Å². The van der Waals surface area contributed by atoms with E-state index in [1.165, 1.54) is 0 Å². The second-order valence-electron chi connectivity index (χ2n) is 6.90. The fourth-order valence-corrected chi connectivity index (χ4v) is 3.28. The third-order valence-corrected chi connectivity index (χ3v) is 4.77. The predicted molar refractivity (Wildman–Crippen MR) is 123 cm³/mol. The highest BCUT2D eigenvalue weighted by molar-refractivity contribution is 6.41. The van der Waals surface area contributed by atoms with Crippen molar-refractivity contribution >= 4 is 29.2 Å². The van der Waals surface area contributed by atoms with Crippen molar-refractivity contribution in [3.8, 4) is 23.6 Å². The lowest BCUT2D eigenvalue weighted by Crippen LogP contribution is -2.17. The zero-order chi connectivity index (χ0) is 21.8. The lowest BCUT2D eigenvalue weighted by atomic mass is 9.84. The number of aromatic amines is 1. The van der Waals surface area contributed by atoms with Crippen LogP contribution in [0.3, 0.4) is 0 Å². The Morgan fingerprint density at radius 3 is 2.60 bits per heavy atom. The van der Waals surface area contributed by atoms with E-state index in [2.05, 4.69) is 15.9 Å². The Morgan fingerprint density at radius 1 is 1.30 bits per heavy atom. The summed E-state index contributed by atoms with van der Waals surface area (Å²) in [7, 11) is 3.75. The summed E-state index contributed by atoms with van der Waals surface area (Å²) in [4.78, 5) is 27.8. The fraction of sp³-hybridized carbons (Fsp3) is 0.167. The number of hydrogen-bond donors (Lipinski definition) is 2. The van der Waals surface area contributed by atoms with Gasteiger partial charge in [-0.2, -0.15) is 0 Å². The molecule has 1 heterocycles. The molecule has 0 saturated heterocycles. The van der Waals surface area contributed by atoms with Crippen molar-refractivity contribution in [3.63, 3.8) is 0 Å². The van der Waals surface area contributed by atoms with Crippen molar-refractivity contribution in [3.05, 3.63) is 65.0 Å². The van der Waals surface area contributed by atoms with Gasteiger partial charge < -0.3 is 15.3 Å². The molecule has 0 aliphatic heterocycles. The van der Waals surface area contributed by atoms with Gasteiger partial charge in [-0.1, -0.05) is 36.3 Å². The number of imidazole rings is 1. The van der Waals surface area contributed by atoms with Crippen LogP contribution in [0.4, 0.5) is 5.95 Å². The second-order valence-corrected chi connectivity index (χ2v) is 6.90. The SMILES string of the molecule is C#C/C=C\C(=C/C)N=C(C)C(C=N)=C1C(=O)c2ccccc2-c2nc(N(C)C)[nH]c21. The molecule has 1 aliphatic carbocycles. The molecule has 0 fully saturated rings. The number of benzene rings is 1. The summed E-state index contributed by atoms with van der Waals surface area (Å²) < 4.78 is 0. The smallest absolute Gasteiger partial charge is 0.203 e. The van der Waals surface area contributed by atoms with Crippen LogP contribution in [0.2, 0.25) is 0 Å². The number of hydrogen-bond acceptors (Lipinski definition) is 5. The van der Waals surface area contributed by atoms with Gasteiger partial charge in [-0.3, -0.25) is 9.79 Å². The summed E-state index contributed by atoms with van der Waals surface area (Å²) >= 11 is 0. The molecule has 0 atom stereocenters. The summed E-state index contributed by atoms with van der Waals surface area (Å²) in [6.07, 6.45) is 11.5. The molecule has 150 valence electrons. The van der Waals surface area contributed by atoms with Crippen LogP contribution >= 0.6 is 0 Å². The molecule has 2 N–H and O–H groups in total. The number of aromatic nitrogens is 2. The average Bonchev–Trinajstić information content (AvgIpc) is 3.19. The van der Waals surface area contributed by atoms with Gasteiger partial charge in [0.1, 0.15) is 0 Å². The van der Waals surface area contributed by atoms with Crippen LogP contribution in [-0.2, 0) is 0 Å². The Bertz CT molecular complexity index is 1180. The van der Waals surface area contributed by atoms with Crippen LogP contribution in [0, 0.1) is 17.8 Å². The quantitative estimate of drug-likeness (QED) is 0.341. The maximum Gasteiger partial charge on any atom is 0.203 e. The molecule has 6 heteroatoms. The fourth-order valence-electron chi connectivity index (χ4n) is 3.28. The molecule has 6 nitrogen and oxygen atoms in total. The number of nitrogens with zero attached hydrogens (tertiary/aromatic N) is 3. The Balaban J connectivity index is 2.29. The summed E-state index contributed by atoms with van der Waals surface area (Å²) in [6, 6.07) is 7.38. The van der Waals surface area contributed by atoms with Gasteiger partial charge in [0.05, 0.1) is 22.7 Å². The van der Waals surface area contributed by atoms with E-state index in [4.69, 9.17) is 16.8 Å². The molecule has 30 heavy (non-hydrogen) atoms. The van der Waals surface area contributed by atoms with E-state index >= 15 is 0 Å². The number of carbonyl (C=O) groups is 1. The molecule has 0 radical (unpaired) electrons. The van der Waals surface area contributed by atoms with Gasteiger partial charge in [0.2, 0.25) is 5.95 Å². The van der Waals surface area contributed by atoms with E-state index in [-0.39, 0.29) is 5.78 Å². The molecule has 0 bridgehead atoms. The molecule has 0 amide bonds. The van der Waals surface area contributed by atoms with Crippen molar-refractivity contribution in [1.82, 2.24) is 9.97 Å². The molecule has 0 saturated carbocycles. The van der Waals surface area contributed by atoms with E-state index in [9.17, 15) is 4.79 Å². The highest BCUT2D eigenvalue weighted by atomic mass is 16.1. The van der Waals surface area contributed by atoms with Gasteiger partial charge in [0.15, 0.2) is 5.78 Å². The van der Waals surface area contributed by atoms with Crippen molar-refractivity contribution in [2.45, 2.75) is 13.8 Å². The zero-order valence-corrected chi connectivity index (χ0v) is 17.4. The molecule has 1 aromatic heterocycles. The molecule has 1 aliphatic rings. The van der Waals surface area contributed by atoms with E-state index in [0.29, 0.717) is 45.5 Å². The maximum atomic E-state index is 13.5. The van der Waals surface area contributed by atoms with Crippen molar-refractivity contribution < 1.29 is 4.79 Å². The van der Waals surface area contributed by atoms with Gasteiger partial charge in [-0.25, -0.2) is 4.98 Å². The normalized spacial score (nSPS) is 15.5. The van der Waals surface area contributed by atoms with Crippen molar-refractivity contribution in [1.29, 1.82) is 5.41 Å². The zero-order valence-electron chi connectivity index (χ0n) is 17.4. The minimum Gasteiger partial charge on any atom is -0.349 e. The van der Waals surface area contributed by atoms with E-state index in [1.54, 1.807) is 25.1 Å². The Hall–Kier alpha value is -3.98. The van der Waals surface area contributed by atoms with E-state index < -0.39 is 0 Å². The van der Waals surface area contributed by atoms with Crippen LogP contribution in [0.25, 0.3) is 16.8 Å². The van der Waals surface area contributed by atoms with Gasteiger partial charge in [-0.15, -0.1) is 6.42 Å². The van der Waals surface area contributed by atoms with Crippen molar-refractivity contribution in [2.75, 3.05) is 19.0 Å².